The molecule has 2 aromatic carbocycles. The number of ether oxygens (including phenoxy) is 1. The summed E-state index contributed by atoms with van der Waals surface area (Å²) in [6, 6.07) is 17.6. The molecule has 6 nitrogen and oxygen atoms in total. The molecule has 4 rings (SSSR count). The maximum absolute atomic E-state index is 12.8. The molecule has 0 unspecified atom stereocenters. The quantitative estimate of drug-likeness (QED) is 0.711. The second-order valence-electron chi connectivity index (χ2n) is 6.38. The summed E-state index contributed by atoms with van der Waals surface area (Å²) in [4.78, 5) is 14.7. The Kier molecular flexibility index (Phi) is 4.64. The van der Waals surface area contributed by atoms with E-state index in [9.17, 15) is 4.79 Å². The van der Waals surface area contributed by atoms with Gasteiger partial charge in [-0.2, -0.15) is 0 Å². The van der Waals surface area contributed by atoms with E-state index in [1.54, 1.807) is 6.20 Å². The molecule has 1 aromatic heterocycles. The van der Waals surface area contributed by atoms with Crippen molar-refractivity contribution in [3.8, 4) is 5.75 Å². The summed E-state index contributed by atoms with van der Waals surface area (Å²) in [6.45, 7) is 1.85. The zero-order chi connectivity index (χ0) is 17.8. The van der Waals surface area contributed by atoms with Crippen LogP contribution in [0.4, 0.5) is 0 Å². The van der Waals surface area contributed by atoms with E-state index in [0.717, 1.165) is 18.5 Å². The van der Waals surface area contributed by atoms with Crippen molar-refractivity contribution in [3.63, 3.8) is 0 Å². The maximum Gasteiger partial charge on any atom is 0.254 e. The molecular formula is C20H20N4O2. The Labute approximate surface area is 152 Å². The number of rotatable bonds is 5. The lowest BCUT2D eigenvalue weighted by molar-refractivity contribution is 0.0786. The normalized spacial score (nSPS) is 16.6. The molecule has 1 fully saturated rings. The average molecular weight is 348 g/mol. The van der Waals surface area contributed by atoms with Gasteiger partial charge in [0.15, 0.2) is 0 Å². The monoisotopic (exact) mass is 348 g/mol. The summed E-state index contributed by atoms with van der Waals surface area (Å²) < 4.78 is 7.66. The van der Waals surface area contributed by atoms with Crippen molar-refractivity contribution in [2.45, 2.75) is 19.1 Å². The van der Waals surface area contributed by atoms with Gasteiger partial charge >= 0.3 is 0 Å². The van der Waals surface area contributed by atoms with Gasteiger partial charge in [-0.25, -0.2) is 4.68 Å². The zero-order valence-corrected chi connectivity index (χ0v) is 14.4. The van der Waals surface area contributed by atoms with Crippen molar-refractivity contribution >= 4 is 5.91 Å². The molecule has 132 valence electrons. The van der Waals surface area contributed by atoms with Gasteiger partial charge in [-0.1, -0.05) is 41.6 Å². The molecule has 6 heteroatoms. The fraction of sp³-hybridized carbons (Fsp3) is 0.250. The Morgan fingerprint density at radius 3 is 2.85 bits per heavy atom. The van der Waals surface area contributed by atoms with Crippen LogP contribution >= 0.6 is 0 Å². The second-order valence-corrected chi connectivity index (χ2v) is 6.38. The first-order valence-corrected chi connectivity index (χ1v) is 8.71. The molecule has 1 saturated heterocycles. The highest BCUT2D eigenvalue weighted by atomic mass is 16.5. The van der Waals surface area contributed by atoms with Gasteiger partial charge in [-0.3, -0.25) is 4.79 Å². The molecule has 1 aliphatic heterocycles. The SMILES string of the molecule is O=C(c1cccc(OCc2ccccc2)c1)N1CC[C@@H](n2ccnn2)C1. The number of benzene rings is 2. The van der Waals surface area contributed by atoms with Gasteiger partial charge in [0, 0.05) is 24.8 Å². The summed E-state index contributed by atoms with van der Waals surface area (Å²) in [5, 5.41) is 7.89. The first kappa shape index (κ1) is 16.3. The smallest absolute Gasteiger partial charge is 0.254 e. The molecule has 0 aliphatic carbocycles. The molecule has 0 N–H and O–H groups in total. The number of aromatic nitrogens is 3. The van der Waals surface area contributed by atoms with Crippen molar-refractivity contribution in [3.05, 3.63) is 78.1 Å². The van der Waals surface area contributed by atoms with Crippen LogP contribution in [0.15, 0.2) is 67.0 Å². The van der Waals surface area contributed by atoms with E-state index in [-0.39, 0.29) is 11.9 Å². The minimum absolute atomic E-state index is 0.0257. The number of hydrogen-bond acceptors (Lipinski definition) is 4. The lowest BCUT2D eigenvalue weighted by atomic mass is 10.2. The van der Waals surface area contributed by atoms with E-state index < -0.39 is 0 Å². The van der Waals surface area contributed by atoms with E-state index in [0.29, 0.717) is 24.5 Å². The number of hydrogen-bond donors (Lipinski definition) is 0. The van der Waals surface area contributed by atoms with Crippen LogP contribution in [-0.4, -0.2) is 38.9 Å². The van der Waals surface area contributed by atoms with Crippen LogP contribution in [0.25, 0.3) is 0 Å². The predicted molar refractivity (Wildman–Crippen MR) is 96.8 cm³/mol. The van der Waals surface area contributed by atoms with Crippen molar-refractivity contribution in [2.75, 3.05) is 13.1 Å². The highest BCUT2D eigenvalue weighted by Gasteiger charge is 2.28. The number of amides is 1. The molecule has 26 heavy (non-hydrogen) atoms. The minimum Gasteiger partial charge on any atom is -0.489 e. The van der Waals surface area contributed by atoms with E-state index >= 15 is 0 Å². The van der Waals surface area contributed by atoms with Gasteiger partial charge < -0.3 is 9.64 Å². The second kappa shape index (κ2) is 7.39. The zero-order valence-electron chi connectivity index (χ0n) is 14.4. The van der Waals surface area contributed by atoms with Crippen LogP contribution in [0.2, 0.25) is 0 Å². The standard InChI is InChI=1S/C20H20N4O2/c25-20(23-11-9-18(14-23)24-12-10-21-22-24)17-7-4-8-19(13-17)26-15-16-5-2-1-3-6-16/h1-8,10,12-13,18H,9,11,14-15H2/t18-/m1/s1. The summed E-state index contributed by atoms with van der Waals surface area (Å²) in [7, 11) is 0. The van der Waals surface area contributed by atoms with E-state index in [2.05, 4.69) is 10.3 Å². The topological polar surface area (TPSA) is 60.2 Å². The Morgan fingerprint density at radius 2 is 2.04 bits per heavy atom. The van der Waals surface area contributed by atoms with Crippen LogP contribution in [0.1, 0.15) is 28.4 Å². The van der Waals surface area contributed by atoms with E-state index in [4.69, 9.17) is 4.74 Å². The predicted octanol–water partition coefficient (Wildman–Crippen LogP) is 2.94. The fourth-order valence-corrected chi connectivity index (χ4v) is 3.20. The summed E-state index contributed by atoms with van der Waals surface area (Å²) >= 11 is 0. The number of carbonyl (C=O) groups excluding carboxylic acids is 1. The van der Waals surface area contributed by atoms with Crippen LogP contribution in [0, 0.1) is 0 Å². The van der Waals surface area contributed by atoms with Gasteiger partial charge in [0.2, 0.25) is 0 Å². The molecule has 0 radical (unpaired) electrons. The number of likely N-dealkylation sites (tertiary alicyclic amines) is 1. The highest BCUT2D eigenvalue weighted by molar-refractivity contribution is 5.94. The molecule has 1 atom stereocenters. The first-order chi connectivity index (χ1) is 12.8. The lowest BCUT2D eigenvalue weighted by Gasteiger charge is -2.17. The van der Waals surface area contributed by atoms with E-state index in [1.807, 2.05) is 70.4 Å². The van der Waals surface area contributed by atoms with Crippen LogP contribution < -0.4 is 4.74 Å². The maximum atomic E-state index is 12.8. The number of carbonyl (C=O) groups is 1. The van der Waals surface area contributed by atoms with Crippen molar-refractivity contribution in [2.24, 2.45) is 0 Å². The Hall–Kier alpha value is -3.15. The Bertz CT molecular complexity index is 865. The van der Waals surface area contributed by atoms with Crippen molar-refractivity contribution < 1.29 is 9.53 Å². The molecule has 2 heterocycles. The van der Waals surface area contributed by atoms with Crippen LogP contribution in [0.5, 0.6) is 5.75 Å². The third kappa shape index (κ3) is 3.59. The third-order valence-corrected chi connectivity index (χ3v) is 4.60. The molecule has 1 aliphatic rings. The lowest BCUT2D eigenvalue weighted by Crippen LogP contribution is -2.29. The van der Waals surface area contributed by atoms with Gasteiger partial charge in [-0.15, -0.1) is 5.10 Å². The van der Waals surface area contributed by atoms with Crippen LogP contribution in [-0.2, 0) is 6.61 Å². The van der Waals surface area contributed by atoms with Crippen LogP contribution in [0.3, 0.4) is 0 Å². The molecule has 0 bridgehead atoms. The minimum atomic E-state index is 0.0257. The fourth-order valence-electron chi connectivity index (χ4n) is 3.20. The highest BCUT2D eigenvalue weighted by Crippen LogP contribution is 2.23. The molecular weight excluding hydrogens is 328 g/mol. The van der Waals surface area contributed by atoms with E-state index in [1.165, 1.54) is 0 Å². The average Bonchev–Trinajstić information content (AvgIpc) is 3.38. The summed E-state index contributed by atoms with van der Waals surface area (Å²) in [5.74, 6) is 0.726. The van der Waals surface area contributed by atoms with Gasteiger partial charge in [0.05, 0.1) is 12.2 Å². The van der Waals surface area contributed by atoms with Gasteiger partial charge in [0.1, 0.15) is 12.4 Å². The summed E-state index contributed by atoms with van der Waals surface area (Å²) in [6.07, 6.45) is 4.40. The Balaban J connectivity index is 1.40. The van der Waals surface area contributed by atoms with Crippen molar-refractivity contribution in [1.82, 2.24) is 19.9 Å². The third-order valence-electron chi connectivity index (χ3n) is 4.60. The largest absolute Gasteiger partial charge is 0.489 e. The molecule has 1 amide bonds. The summed E-state index contributed by atoms with van der Waals surface area (Å²) in [5.41, 5.74) is 1.74. The first-order valence-electron chi connectivity index (χ1n) is 8.71. The number of nitrogens with zero attached hydrogens (tertiary/aromatic N) is 4. The van der Waals surface area contributed by atoms with Gasteiger partial charge in [-0.05, 0) is 30.2 Å². The Morgan fingerprint density at radius 1 is 1.15 bits per heavy atom. The van der Waals surface area contributed by atoms with Gasteiger partial charge in [0.25, 0.3) is 5.91 Å². The molecule has 0 saturated carbocycles. The molecule has 3 aromatic rings. The van der Waals surface area contributed by atoms with Crippen molar-refractivity contribution in [1.29, 1.82) is 0 Å². The molecule has 0 spiro atoms.